The van der Waals surface area contributed by atoms with Crippen molar-refractivity contribution < 1.29 is 18.8 Å². The first-order valence-corrected chi connectivity index (χ1v) is 8.57. The number of amides is 1. The zero-order valence-electron chi connectivity index (χ0n) is 14.9. The summed E-state index contributed by atoms with van der Waals surface area (Å²) in [5.41, 5.74) is 1.35. The molecule has 0 aliphatic carbocycles. The Morgan fingerprint density at radius 2 is 1.89 bits per heavy atom. The summed E-state index contributed by atoms with van der Waals surface area (Å²) < 4.78 is 18.3. The highest BCUT2D eigenvalue weighted by Crippen LogP contribution is 2.30. The Morgan fingerprint density at radius 3 is 2.52 bits per heavy atom. The Kier molecular flexibility index (Phi) is 5.66. The fourth-order valence-corrected chi connectivity index (χ4v) is 3.02. The van der Waals surface area contributed by atoms with E-state index in [1.54, 1.807) is 41.1 Å². The van der Waals surface area contributed by atoms with E-state index in [0.29, 0.717) is 38.5 Å². The molecule has 1 saturated heterocycles. The highest BCUT2D eigenvalue weighted by Gasteiger charge is 2.24. The molecule has 2 aromatic carbocycles. The third-order valence-corrected chi connectivity index (χ3v) is 4.46. The van der Waals surface area contributed by atoms with E-state index < -0.39 is 4.92 Å². The highest BCUT2D eigenvalue weighted by atomic mass is 19.1. The van der Waals surface area contributed by atoms with E-state index in [1.165, 1.54) is 18.2 Å². The third kappa shape index (κ3) is 4.40. The number of ether oxygens (including phenoxy) is 1. The standard InChI is InChI=1S/C19H20FN3O4/c1-21(13-14-2-5-16(20)6-3-14)17-7-4-15(12-18(17)23(25)26)19(24)22-8-10-27-11-9-22/h2-7,12H,8-11,13H2,1H3. The Morgan fingerprint density at radius 1 is 1.22 bits per heavy atom. The minimum Gasteiger partial charge on any atom is -0.378 e. The average Bonchev–Trinajstić information content (AvgIpc) is 2.69. The molecule has 1 amide bonds. The number of morpholine rings is 1. The van der Waals surface area contributed by atoms with Crippen molar-refractivity contribution in [3.8, 4) is 0 Å². The topological polar surface area (TPSA) is 75.9 Å². The quantitative estimate of drug-likeness (QED) is 0.595. The van der Waals surface area contributed by atoms with Gasteiger partial charge < -0.3 is 14.5 Å². The lowest BCUT2D eigenvalue weighted by molar-refractivity contribution is -0.384. The van der Waals surface area contributed by atoms with E-state index in [9.17, 15) is 19.3 Å². The fourth-order valence-electron chi connectivity index (χ4n) is 3.02. The maximum atomic E-state index is 13.0. The average molecular weight is 373 g/mol. The molecule has 0 saturated carbocycles. The summed E-state index contributed by atoms with van der Waals surface area (Å²) in [6.07, 6.45) is 0. The second-order valence-corrected chi connectivity index (χ2v) is 6.35. The maximum absolute atomic E-state index is 13.0. The lowest BCUT2D eigenvalue weighted by Gasteiger charge is -2.27. The predicted octanol–water partition coefficient (Wildman–Crippen LogP) is 2.84. The number of hydrogen-bond donors (Lipinski definition) is 0. The molecule has 0 bridgehead atoms. The molecule has 27 heavy (non-hydrogen) atoms. The van der Waals surface area contributed by atoms with Gasteiger partial charge in [-0.1, -0.05) is 12.1 Å². The Hall–Kier alpha value is -3.00. The van der Waals surface area contributed by atoms with Crippen LogP contribution in [0.15, 0.2) is 42.5 Å². The summed E-state index contributed by atoms with van der Waals surface area (Å²) in [5.74, 6) is -0.576. The van der Waals surface area contributed by atoms with Gasteiger partial charge in [-0.05, 0) is 29.8 Å². The van der Waals surface area contributed by atoms with Crippen LogP contribution in [0.1, 0.15) is 15.9 Å². The van der Waals surface area contributed by atoms with Gasteiger partial charge in [-0.25, -0.2) is 4.39 Å². The first-order valence-electron chi connectivity index (χ1n) is 8.57. The van der Waals surface area contributed by atoms with Gasteiger partial charge in [-0.2, -0.15) is 0 Å². The molecule has 1 aliphatic rings. The van der Waals surface area contributed by atoms with Gasteiger partial charge in [0.1, 0.15) is 11.5 Å². The molecule has 8 heteroatoms. The molecule has 0 unspecified atom stereocenters. The molecule has 0 spiro atoms. The van der Waals surface area contributed by atoms with Crippen molar-refractivity contribution in [2.45, 2.75) is 6.54 Å². The number of hydrogen-bond acceptors (Lipinski definition) is 5. The SMILES string of the molecule is CN(Cc1ccc(F)cc1)c1ccc(C(=O)N2CCOCC2)cc1[N+](=O)[O-]. The lowest BCUT2D eigenvalue weighted by Crippen LogP contribution is -2.40. The highest BCUT2D eigenvalue weighted by molar-refractivity contribution is 5.95. The van der Waals surface area contributed by atoms with Crippen LogP contribution in [-0.4, -0.2) is 49.1 Å². The van der Waals surface area contributed by atoms with Gasteiger partial charge in [-0.3, -0.25) is 14.9 Å². The molecular formula is C19H20FN3O4. The second-order valence-electron chi connectivity index (χ2n) is 6.35. The van der Waals surface area contributed by atoms with E-state index in [0.717, 1.165) is 5.56 Å². The number of halogens is 1. The van der Waals surface area contributed by atoms with Crippen LogP contribution < -0.4 is 4.90 Å². The molecule has 1 aliphatic heterocycles. The first kappa shape index (κ1) is 18.8. The van der Waals surface area contributed by atoms with Gasteiger partial charge in [0.2, 0.25) is 0 Å². The Bertz CT molecular complexity index is 835. The summed E-state index contributed by atoms with van der Waals surface area (Å²) in [5, 5.41) is 11.6. The molecule has 0 N–H and O–H groups in total. The number of carbonyl (C=O) groups excluding carboxylic acids is 1. The monoisotopic (exact) mass is 373 g/mol. The van der Waals surface area contributed by atoms with Crippen LogP contribution in [0.3, 0.4) is 0 Å². The summed E-state index contributed by atoms with van der Waals surface area (Å²) >= 11 is 0. The Balaban J connectivity index is 1.83. The predicted molar refractivity (Wildman–Crippen MR) is 98.3 cm³/mol. The van der Waals surface area contributed by atoms with E-state index in [1.807, 2.05) is 0 Å². The zero-order chi connectivity index (χ0) is 19.4. The van der Waals surface area contributed by atoms with E-state index in [-0.39, 0.29) is 23.0 Å². The molecule has 1 heterocycles. The third-order valence-electron chi connectivity index (χ3n) is 4.46. The molecule has 0 radical (unpaired) electrons. The number of nitro benzene ring substituents is 1. The van der Waals surface area contributed by atoms with Crippen molar-refractivity contribution >= 4 is 17.3 Å². The summed E-state index contributed by atoms with van der Waals surface area (Å²) in [6, 6.07) is 10.5. The number of rotatable bonds is 5. The van der Waals surface area contributed by atoms with E-state index in [2.05, 4.69) is 0 Å². The van der Waals surface area contributed by atoms with Gasteiger partial charge in [0.25, 0.3) is 11.6 Å². The molecule has 0 aromatic heterocycles. The minimum atomic E-state index is -0.493. The smallest absolute Gasteiger partial charge is 0.293 e. The molecule has 3 rings (SSSR count). The minimum absolute atomic E-state index is 0.140. The number of carbonyl (C=O) groups is 1. The van der Waals surface area contributed by atoms with Crippen molar-refractivity contribution in [2.24, 2.45) is 0 Å². The number of benzene rings is 2. The molecular weight excluding hydrogens is 353 g/mol. The van der Waals surface area contributed by atoms with Gasteiger partial charge in [-0.15, -0.1) is 0 Å². The van der Waals surface area contributed by atoms with Gasteiger partial charge in [0, 0.05) is 38.3 Å². The van der Waals surface area contributed by atoms with Crippen LogP contribution in [0.4, 0.5) is 15.8 Å². The first-order chi connectivity index (χ1) is 13.0. The van der Waals surface area contributed by atoms with Crippen molar-refractivity contribution in [3.63, 3.8) is 0 Å². The summed E-state index contributed by atoms with van der Waals surface area (Å²) in [7, 11) is 1.72. The van der Waals surface area contributed by atoms with Crippen LogP contribution in [-0.2, 0) is 11.3 Å². The van der Waals surface area contributed by atoms with E-state index >= 15 is 0 Å². The summed E-state index contributed by atoms with van der Waals surface area (Å²) in [4.78, 5) is 27.0. The zero-order valence-corrected chi connectivity index (χ0v) is 14.9. The van der Waals surface area contributed by atoms with E-state index in [4.69, 9.17) is 4.74 Å². The lowest BCUT2D eigenvalue weighted by atomic mass is 10.1. The second kappa shape index (κ2) is 8.13. The van der Waals surface area contributed by atoms with Crippen molar-refractivity contribution in [3.05, 3.63) is 69.5 Å². The normalized spacial score (nSPS) is 14.1. The maximum Gasteiger partial charge on any atom is 0.293 e. The van der Waals surface area contributed by atoms with Crippen molar-refractivity contribution in [1.29, 1.82) is 0 Å². The molecule has 0 atom stereocenters. The largest absolute Gasteiger partial charge is 0.378 e. The van der Waals surface area contributed by atoms with Crippen molar-refractivity contribution in [1.82, 2.24) is 4.90 Å². The molecule has 142 valence electrons. The van der Waals surface area contributed by atoms with Crippen LogP contribution >= 0.6 is 0 Å². The van der Waals surface area contributed by atoms with Crippen LogP contribution in [0.5, 0.6) is 0 Å². The van der Waals surface area contributed by atoms with Gasteiger partial charge in [0.05, 0.1) is 18.1 Å². The van der Waals surface area contributed by atoms with Gasteiger partial charge in [0.15, 0.2) is 0 Å². The molecule has 1 fully saturated rings. The fraction of sp³-hybridized carbons (Fsp3) is 0.316. The molecule has 2 aromatic rings. The summed E-state index contributed by atoms with van der Waals surface area (Å²) in [6.45, 7) is 2.24. The van der Waals surface area contributed by atoms with Crippen LogP contribution in [0.25, 0.3) is 0 Å². The number of nitro groups is 1. The van der Waals surface area contributed by atoms with Crippen LogP contribution in [0, 0.1) is 15.9 Å². The Labute approximate surface area is 156 Å². The van der Waals surface area contributed by atoms with Crippen molar-refractivity contribution in [2.75, 3.05) is 38.3 Å². The van der Waals surface area contributed by atoms with Crippen LogP contribution in [0.2, 0.25) is 0 Å². The molecule has 7 nitrogen and oxygen atoms in total. The number of nitrogens with zero attached hydrogens (tertiary/aromatic N) is 3. The van der Waals surface area contributed by atoms with Gasteiger partial charge >= 0.3 is 0 Å². The number of anilines is 1.